The number of nitrogens with one attached hydrogen (secondary N) is 2. The first-order valence-electron chi connectivity index (χ1n) is 14.2. The number of anilines is 1. The van der Waals surface area contributed by atoms with E-state index in [1.54, 1.807) is 18.4 Å². The van der Waals surface area contributed by atoms with E-state index in [2.05, 4.69) is 58.7 Å². The standard InChI is InChI=1S/C27H44N7O5P/c1-9-19-21(37-10-2)22(39-40(14-12-11-13-28)34(17(5)6)18(7)8)26(38-19)33-15-29-20-23(33)30-27(32-25(20)36)31-24(35)16(3)4/h15-19,21-22,26H,9-12,14H2,1-8H3,(H2,30,31,32,35,36)/t19-,21-,22-,26-,40?/m1/s1. The molecular weight excluding hydrogens is 533 g/mol. The summed E-state index contributed by atoms with van der Waals surface area (Å²) in [6.07, 6.45) is 2.32. The molecule has 2 aromatic heterocycles. The van der Waals surface area contributed by atoms with Crippen LogP contribution >= 0.6 is 8.30 Å². The van der Waals surface area contributed by atoms with E-state index < -0.39 is 26.2 Å². The molecule has 1 amide bonds. The van der Waals surface area contributed by atoms with Crippen molar-refractivity contribution in [2.24, 2.45) is 5.92 Å². The Kier molecular flexibility index (Phi) is 11.6. The molecule has 3 heterocycles. The van der Waals surface area contributed by atoms with Crippen LogP contribution in [0.15, 0.2) is 11.1 Å². The molecule has 0 bridgehead atoms. The number of H-pyrrole nitrogens is 1. The zero-order valence-electron chi connectivity index (χ0n) is 24.9. The van der Waals surface area contributed by atoms with Crippen molar-refractivity contribution in [3.05, 3.63) is 16.7 Å². The topological polar surface area (TPSA) is 147 Å². The molecule has 1 aliphatic rings. The summed E-state index contributed by atoms with van der Waals surface area (Å²) < 4.78 is 23.8. The number of nitrogens with zero attached hydrogens (tertiary/aromatic N) is 5. The van der Waals surface area contributed by atoms with Crippen LogP contribution in [0.25, 0.3) is 11.2 Å². The van der Waals surface area contributed by atoms with Gasteiger partial charge in [0.2, 0.25) is 11.9 Å². The molecule has 13 heteroatoms. The third kappa shape index (κ3) is 7.25. The van der Waals surface area contributed by atoms with Crippen LogP contribution in [-0.2, 0) is 18.8 Å². The quantitative estimate of drug-likeness (QED) is 0.244. The number of hydrogen-bond acceptors (Lipinski definition) is 9. The maximum Gasteiger partial charge on any atom is 0.280 e. The van der Waals surface area contributed by atoms with Crippen molar-refractivity contribution in [1.29, 1.82) is 5.26 Å². The molecule has 0 aromatic carbocycles. The fourth-order valence-corrected chi connectivity index (χ4v) is 7.38. The highest BCUT2D eigenvalue weighted by atomic mass is 31.2. The number of carbonyl (C=O) groups is 1. The average Bonchev–Trinajstić information content (AvgIpc) is 3.45. The van der Waals surface area contributed by atoms with Crippen LogP contribution in [0.1, 0.15) is 80.9 Å². The predicted octanol–water partition coefficient (Wildman–Crippen LogP) is 4.55. The first kappa shape index (κ1) is 32.1. The van der Waals surface area contributed by atoms with E-state index in [1.165, 1.54) is 6.33 Å². The van der Waals surface area contributed by atoms with Crippen LogP contribution in [0.5, 0.6) is 0 Å². The maximum absolute atomic E-state index is 12.9. The Balaban J connectivity index is 2.08. The number of amides is 1. The van der Waals surface area contributed by atoms with E-state index in [1.807, 2.05) is 13.8 Å². The molecule has 1 fully saturated rings. The Bertz CT molecular complexity index is 1220. The van der Waals surface area contributed by atoms with Gasteiger partial charge in [-0.2, -0.15) is 10.2 Å². The van der Waals surface area contributed by atoms with Gasteiger partial charge in [0.25, 0.3) is 5.56 Å². The fraction of sp³-hybridized carbons (Fsp3) is 0.741. The number of nitriles is 1. The monoisotopic (exact) mass is 577 g/mol. The van der Waals surface area contributed by atoms with Crippen molar-refractivity contribution < 1.29 is 18.8 Å². The minimum absolute atomic E-state index is 0.0476. The van der Waals surface area contributed by atoms with Gasteiger partial charge in [-0.25, -0.2) is 4.98 Å². The van der Waals surface area contributed by atoms with Crippen LogP contribution in [0.4, 0.5) is 5.95 Å². The Morgan fingerprint density at radius 1 is 1.25 bits per heavy atom. The van der Waals surface area contributed by atoms with Crippen molar-refractivity contribution in [1.82, 2.24) is 24.2 Å². The molecule has 5 atom stereocenters. The average molecular weight is 578 g/mol. The molecule has 3 rings (SSSR count). The number of carbonyl (C=O) groups excluding carboxylic acids is 1. The Morgan fingerprint density at radius 2 is 1.95 bits per heavy atom. The normalized spacial score (nSPS) is 22.1. The minimum Gasteiger partial charge on any atom is -0.373 e. The van der Waals surface area contributed by atoms with Gasteiger partial charge in [0.1, 0.15) is 20.5 Å². The van der Waals surface area contributed by atoms with Crippen LogP contribution in [-0.4, -0.2) is 73.3 Å². The van der Waals surface area contributed by atoms with E-state index >= 15 is 0 Å². The maximum atomic E-state index is 12.9. The van der Waals surface area contributed by atoms with E-state index in [-0.39, 0.29) is 53.2 Å². The molecule has 0 aliphatic carbocycles. The van der Waals surface area contributed by atoms with Crippen LogP contribution < -0.4 is 10.9 Å². The molecule has 40 heavy (non-hydrogen) atoms. The Labute approximate surface area is 237 Å². The van der Waals surface area contributed by atoms with E-state index in [0.717, 1.165) is 12.6 Å². The SMILES string of the molecule is CCO[C@H]1[C@@H](OP(CCCC#N)N(C(C)C)C(C)C)[C@H](n2cnc3c(=O)[nH]c(NC(=O)C(C)C)nc32)O[C@@H]1CC. The minimum atomic E-state index is -1.12. The third-order valence-corrected chi connectivity index (χ3v) is 9.34. The lowest BCUT2D eigenvalue weighted by Gasteiger charge is -2.40. The lowest BCUT2D eigenvalue weighted by Crippen LogP contribution is -2.39. The summed E-state index contributed by atoms with van der Waals surface area (Å²) in [6, 6.07) is 2.70. The van der Waals surface area contributed by atoms with Gasteiger partial charge in [0.15, 0.2) is 17.4 Å². The second-order valence-electron chi connectivity index (χ2n) is 10.8. The van der Waals surface area contributed by atoms with Gasteiger partial charge in [-0.1, -0.05) is 20.8 Å². The number of ether oxygens (including phenoxy) is 2. The van der Waals surface area contributed by atoms with Gasteiger partial charge in [0, 0.05) is 37.2 Å². The van der Waals surface area contributed by atoms with Gasteiger partial charge in [0.05, 0.1) is 18.5 Å². The molecular formula is C27H44N7O5P. The van der Waals surface area contributed by atoms with Crippen molar-refractivity contribution in [3.63, 3.8) is 0 Å². The summed E-state index contributed by atoms with van der Waals surface area (Å²) in [7, 11) is -1.12. The number of unbranched alkanes of at least 4 members (excludes halogenated alkanes) is 1. The first-order chi connectivity index (χ1) is 19.0. The number of imidazole rings is 1. The number of hydrogen-bond donors (Lipinski definition) is 2. The number of rotatable bonds is 14. The number of fused-ring (bicyclic) bond motifs is 1. The highest BCUT2D eigenvalue weighted by Crippen LogP contribution is 2.51. The summed E-state index contributed by atoms with van der Waals surface area (Å²) in [4.78, 5) is 36.7. The van der Waals surface area contributed by atoms with Crippen molar-refractivity contribution in [2.45, 2.75) is 111 Å². The molecule has 1 aliphatic heterocycles. The molecule has 12 nitrogen and oxygen atoms in total. The molecule has 0 saturated carbocycles. The lowest BCUT2D eigenvalue weighted by atomic mass is 10.1. The van der Waals surface area contributed by atoms with Gasteiger partial charge < -0.3 is 14.0 Å². The zero-order valence-corrected chi connectivity index (χ0v) is 25.8. The summed E-state index contributed by atoms with van der Waals surface area (Å²) in [5, 5.41) is 11.9. The van der Waals surface area contributed by atoms with E-state index in [4.69, 9.17) is 14.0 Å². The zero-order chi connectivity index (χ0) is 29.6. The first-order valence-corrected chi connectivity index (χ1v) is 15.6. The van der Waals surface area contributed by atoms with E-state index in [9.17, 15) is 14.9 Å². The Morgan fingerprint density at radius 3 is 2.52 bits per heavy atom. The molecule has 222 valence electrons. The van der Waals surface area contributed by atoms with Crippen molar-refractivity contribution in [3.8, 4) is 6.07 Å². The second kappa shape index (κ2) is 14.5. The molecule has 0 radical (unpaired) electrons. The van der Waals surface area contributed by atoms with Gasteiger partial charge in [-0.3, -0.25) is 29.1 Å². The smallest absolute Gasteiger partial charge is 0.280 e. The molecule has 1 saturated heterocycles. The predicted molar refractivity (Wildman–Crippen MR) is 155 cm³/mol. The molecule has 0 spiro atoms. The van der Waals surface area contributed by atoms with Crippen LogP contribution in [0.2, 0.25) is 0 Å². The second-order valence-corrected chi connectivity index (χ2v) is 12.6. The van der Waals surface area contributed by atoms with E-state index in [0.29, 0.717) is 19.4 Å². The third-order valence-electron chi connectivity index (χ3n) is 6.72. The summed E-state index contributed by atoms with van der Waals surface area (Å²) in [5.74, 6) is -0.504. The number of aromatic nitrogens is 4. The summed E-state index contributed by atoms with van der Waals surface area (Å²) in [5.41, 5.74) is -0.0388. The highest BCUT2D eigenvalue weighted by Gasteiger charge is 2.49. The Hall–Kier alpha value is -2.42. The van der Waals surface area contributed by atoms with Crippen LogP contribution in [0, 0.1) is 17.2 Å². The number of aromatic amines is 1. The van der Waals surface area contributed by atoms with Crippen molar-refractivity contribution >= 4 is 31.3 Å². The fourth-order valence-electron chi connectivity index (χ4n) is 4.97. The van der Waals surface area contributed by atoms with Crippen molar-refractivity contribution in [2.75, 3.05) is 18.1 Å². The molecule has 1 unspecified atom stereocenters. The molecule has 2 aromatic rings. The van der Waals surface area contributed by atoms with Gasteiger partial charge >= 0.3 is 0 Å². The van der Waals surface area contributed by atoms with Gasteiger partial charge in [-0.15, -0.1) is 0 Å². The highest BCUT2D eigenvalue weighted by molar-refractivity contribution is 7.50. The lowest BCUT2D eigenvalue weighted by molar-refractivity contribution is -0.118. The largest absolute Gasteiger partial charge is 0.373 e. The summed E-state index contributed by atoms with van der Waals surface area (Å²) >= 11 is 0. The molecule has 2 N–H and O–H groups in total. The summed E-state index contributed by atoms with van der Waals surface area (Å²) in [6.45, 7) is 16.6. The van der Waals surface area contributed by atoms with Gasteiger partial charge in [-0.05, 0) is 47.5 Å². The van der Waals surface area contributed by atoms with Crippen LogP contribution in [0.3, 0.4) is 0 Å².